The van der Waals surface area contributed by atoms with E-state index in [0.717, 1.165) is 5.56 Å². The minimum atomic E-state index is -0.615. The van der Waals surface area contributed by atoms with Crippen LogP contribution in [0.4, 0.5) is 5.69 Å². The van der Waals surface area contributed by atoms with Crippen molar-refractivity contribution in [1.29, 1.82) is 5.26 Å². The molecule has 136 valence electrons. The zero-order valence-corrected chi connectivity index (χ0v) is 16.5. The third-order valence-electron chi connectivity index (χ3n) is 4.48. The number of amides is 1. The van der Waals surface area contributed by atoms with Gasteiger partial charge in [0.05, 0.1) is 17.6 Å². The van der Waals surface area contributed by atoms with Gasteiger partial charge in [0.15, 0.2) is 0 Å². The molecule has 1 unspecified atom stereocenters. The molecule has 0 aromatic heterocycles. The quantitative estimate of drug-likeness (QED) is 0.768. The third kappa shape index (κ3) is 3.92. The summed E-state index contributed by atoms with van der Waals surface area (Å²) >= 11 is 7.84. The first kappa shape index (κ1) is 19.2. The van der Waals surface area contributed by atoms with Gasteiger partial charge in [-0.05, 0) is 36.9 Å². The number of nitrogens with zero attached hydrogens (tertiary/aromatic N) is 2. The molecule has 3 rings (SSSR count). The van der Waals surface area contributed by atoms with Gasteiger partial charge in [0, 0.05) is 22.3 Å². The number of anilines is 1. The molecule has 2 aromatic rings. The van der Waals surface area contributed by atoms with E-state index in [4.69, 9.17) is 11.6 Å². The second kappa shape index (κ2) is 8.43. The Balaban J connectivity index is 2.09. The molecule has 0 spiro atoms. The van der Waals surface area contributed by atoms with Crippen LogP contribution in [-0.4, -0.2) is 17.9 Å². The summed E-state index contributed by atoms with van der Waals surface area (Å²) in [5.74, 6) is -1.30. The van der Waals surface area contributed by atoms with Crippen LogP contribution in [0.2, 0.25) is 5.02 Å². The highest BCUT2D eigenvalue weighted by atomic mass is 35.5. The second-order valence-corrected chi connectivity index (χ2v) is 7.32. The maximum absolute atomic E-state index is 13.2. The van der Waals surface area contributed by atoms with E-state index in [2.05, 4.69) is 16.4 Å². The Kier molecular flexibility index (Phi) is 6.00. The number of hydrogen-bond acceptors (Lipinski definition) is 4. The van der Waals surface area contributed by atoms with Crippen molar-refractivity contribution < 1.29 is 4.79 Å². The fourth-order valence-electron chi connectivity index (χ4n) is 3.25. The predicted octanol–water partition coefficient (Wildman–Crippen LogP) is 5.25. The van der Waals surface area contributed by atoms with Crippen LogP contribution in [0.5, 0.6) is 0 Å². The molecule has 0 aliphatic carbocycles. The number of carbonyl (C=O) groups is 1. The lowest BCUT2D eigenvalue weighted by molar-refractivity contribution is -0.118. The van der Waals surface area contributed by atoms with Crippen LogP contribution < -0.4 is 5.32 Å². The minimum Gasteiger partial charge on any atom is -0.325 e. The Morgan fingerprint density at radius 1 is 1.19 bits per heavy atom. The van der Waals surface area contributed by atoms with E-state index in [-0.39, 0.29) is 5.91 Å². The van der Waals surface area contributed by atoms with E-state index in [1.807, 2.05) is 61.7 Å². The summed E-state index contributed by atoms with van der Waals surface area (Å²) in [5.41, 5.74) is 2.59. The molecule has 27 heavy (non-hydrogen) atoms. The fraction of sp³-hybridized carbons (Fsp3) is 0.190. The number of hydrogen-bond donors (Lipinski definition) is 1. The Bertz CT molecular complexity index is 963. The van der Waals surface area contributed by atoms with Crippen molar-refractivity contribution in [2.24, 2.45) is 10.9 Å². The maximum atomic E-state index is 13.2. The smallest absolute Gasteiger partial charge is 0.234 e. The molecule has 1 N–H and O–H groups in total. The lowest BCUT2D eigenvalue weighted by Gasteiger charge is -2.31. The number of rotatable bonds is 4. The molecule has 1 heterocycles. The molecule has 1 aliphatic rings. The van der Waals surface area contributed by atoms with E-state index in [1.54, 1.807) is 6.07 Å². The molecule has 0 fully saturated rings. The SMILES string of the molecule is CSC1=C(C#N)[C@H](c2ccccc2Cl)C(C(=O)Nc2ccccc2)C(C)=N1. The maximum Gasteiger partial charge on any atom is 0.234 e. The number of carbonyl (C=O) groups excluding carboxylic acids is 1. The van der Waals surface area contributed by atoms with Crippen LogP contribution in [-0.2, 0) is 4.79 Å². The highest BCUT2D eigenvalue weighted by Gasteiger charge is 2.40. The Morgan fingerprint density at radius 2 is 1.85 bits per heavy atom. The number of para-hydroxylation sites is 1. The van der Waals surface area contributed by atoms with Crippen LogP contribution in [0.3, 0.4) is 0 Å². The van der Waals surface area contributed by atoms with Crippen molar-refractivity contribution in [3.8, 4) is 6.07 Å². The number of nitrogens with one attached hydrogen (secondary N) is 1. The highest BCUT2D eigenvalue weighted by molar-refractivity contribution is 8.02. The molecule has 0 bridgehead atoms. The van der Waals surface area contributed by atoms with E-state index in [0.29, 0.717) is 27.0 Å². The summed E-state index contributed by atoms with van der Waals surface area (Å²) in [7, 11) is 0. The molecular formula is C21H18ClN3OS. The van der Waals surface area contributed by atoms with Crippen LogP contribution in [0.25, 0.3) is 0 Å². The highest BCUT2D eigenvalue weighted by Crippen LogP contribution is 2.43. The van der Waals surface area contributed by atoms with Gasteiger partial charge in [0.25, 0.3) is 0 Å². The van der Waals surface area contributed by atoms with Gasteiger partial charge in [-0.15, -0.1) is 11.8 Å². The second-order valence-electron chi connectivity index (χ2n) is 6.12. The van der Waals surface area contributed by atoms with Gasteiger partial charge in [0.1, 0.15) is 5.03 Å². The van der Waals surface area contributed by atoms with Gasteiger partial charge in [-0.2, -0.15) is 5.26 Å². The standard InChI is InChI=1S/C21H18ClN3OS/c1-13-18(20(26)25-14-8-4-3-5-9-14)19(15-10-6-7-11-17(15)22)16(12-23)21(24-13)27-2/h3-11,18-19H,1-2H3,(H,25,26)/t18?,19-/m0/s1. The molecule has 0 radical (unpaired) electrons. The molecule has 2 atom stereocenters. The van der Waals surface area contributed by atoms with E-state index >= 15 is 0 Å². The van der Waals surface area contributed by atoms with E-state index in [9.17, 15) is 10.1 Å². The van der Waals surface area contributed by atoms with Crippen molar-refractivity contribution in [1.82, 2.24) is 0 Å². The molecule has 2 aromatic carbocycles. The molecule has 1 aliphatic heterocycles. The van der Waals surface area contributed by atoms with Crippen LogP contribution >= 0.6 is 23.4 Å². The van der Waals surface area contributed by atoms with Crippen molar-refractivity contribution in [2.45, 2.75) is 12.8 Å². The molecule has 4 nitrogen and oxygen atoms in total. The first-order valence-corrected chi connectivity index (χ1v) is 10.0. The number of nitriles is 1. The van der Waals surface area contributed by atoms with Gasteiger partial charge < -0.3 is 5.32 Å². The summed E-state index contributed by atoms with van der Waals surface area (Å²) in [5, 5.41) is 13.9. The van der Waals surface area contributed by atoms with Crippen LogP contribution in [0.1, 0.15) is 18.4 Å². The zero-order chi connectivity index (χ0) is 19.4. The Morgan fingerprint density at radius 3 is 2.48 bits per heavy atom. The summed E-state index contributed by atoms with van der Waals surface area (Å²) in [6.07, 6.45) is 1.87. The molecule has 0 saturated heterocycles. The van der Waals surface area contributed by atoms with Crippen molar-refractivity contribution in [3.05, 3.63) is 75.8 Å². The van der Waals surface area contributed by atoms with E-state index < -0.39 is 11.8 Å². The van der Waals surface area contributed by atoms with E-state index in [1.165, 1.54) is 11.8 Å². The topological polar surface area (TPSA) is 65.2 Å². The first-order chi connectivity index (χ1) is 13.1. The minimum absolute atomic E-state index is 0.208. The Labute approximate surface area is 168 Å². The first-order valence-electron chi connectivity index (χ1n) is 8.40. The van der Waals surface area contributed by atoms with Gasteiger partial charge in [-0.1, -0.05) is 48.0 Å². The van der Waals surface area contributed by atoms with Crippen molar-refractivity contribution in [2.75, 3.05) is 11.6 Å². The summed E-state index contributed by atoms with van der Waals surface area (Å²) < 4.78 is 0. The zero-order valence-electron chi connectivity index (χ0n) is 14.9. The van der Waals surface area contributed by atoms with Crippen molar-refractivity contribution >= 4 is 40.7 Å². The monoisotopic (exact) mass is 395 g/mol. The number of aliphatic imine (C=N–C) groups is 1. The number of halogens is 1. The third-order valence-corrected chi connectivity index (χ3v) is 5.52. The fourth-order valence-corrected chi connectivity index (χ4v) is 4.13. The predicted molar refractivity (Wildman–Crippen MR) is 112 cm³/mol. The number of thioether (sulfide) groups is 1. The average molecular weight is 396 g/mol. The normalized spacial score (nSPS) is 19.3. The summed E-state index contributed by atoms with van der Waals surface area (Å²) in [4.78, 5) is 17.7. The van der Waals surface area contributed by atoms with Gasteiger partial charge in [0.2, 0.25) is 5.91 Å². The number of benzene rings is 2. The Hall–Kier alpha value is -2.55. The van der Waals surface area contributed by atoms with Crippen LogP contribution in [0, 0.1) is 17.2 Å². The van der Waals surface area contributed by atoms with Gasteiger partial charge in [-0.25, -0.2) is 4.99 Å². The lowest BCUT2D eigenvalue weighted by Crippen LogP contribution is -2.36. The molecule has 0 saturated carbocycles. The average Bonchev–Trinajstić information content (AvgIpc) is 2.68. The molecule has 6 heteroatoms. The lowest BCUT2D eigenvalue weighted by atomic mass is 9.76. The van der Waals surface area contributed by atoms with Crippen LogP contribution in [0.15, 0.2) is 70.2 Å². The largest absolute Gasteiger partial charge is 0.325 e. The summed E-state index contributed by atoms with van der Waals surface area (Å²) in [6, 6.07) is 18.8. The number of allylic oxidation sites excluding steroid dienone is 1. The van der Waals surface area contributed by atoms with Gasteiger partial charge in [-0.3, -0.25) is 4.79 Å². The molecular weight excluding hydrogens is 378 g/mol. The summed E-state index contributed by atoms with van der Waals surface area (Å²) in [6.45, 7) is 1.82. The van der Waals surface area contributed by atoms with Gasteiger partial charge >= 0.3 is 0 Å². The van der Waals surface area contributed by atoms with Crippen molar-refractivity contribution in [3.63, 3.8) is 0 Å². The molecule has 1 amide bonds.